The van der Waals surface area contributed by atoms with E-state index in [1.165, 1.54) is 34.9 Å². The number of aliphatic hydroxyl groups excluding tert-OH is 2. The molecule has 0 aliphatic carbocycles. The lowest BCUT2D eigenvalue weighted by Gasteiger charge is -2.23. The van der Waals surface area contributed by atoms with Crippen molar-refractivity contribution in [3.8, 4) is 46.0 Å². The van der Waals surface area contributed by atoms with Gasteiger partial charge in [-0.3, -0.25) is 0 Å². The van der Waals surface area contributed by atoms with Crippen molar-refractivity contribution in [3.05, 3.63) is 313 Å². The quantitative estimate of drug-likeness (QED) is 0.00554. The summed E-state index contributed by atoms with van der Waals surface area (Å²) in [7, 11) is 3.47. The highest BCUT2D eigenvalue weighted by Gasteiger charge is 2.36. The van der Waals surface area contributed by atoms with Gasteiger partial charge in [0.25, 0.3) is 0 Å². The van der Waals surface area contributed by atoms with Crippen LogP contribution in [0.25, 0.3) is 0 Å². The molecule has 0 aliphatic rings. The number of methoxy groups -OCH3 is 3. The highest BCUT2D eigenvalue weighted by atomic mass is 32.2. The molecule has 23 nitrogen and oxygen atoms in total. The van der Waals surface area contributed by atoms with Crippen LogP contribution in [0.15, 0.2) is 350 Å². The van der Waals surface area contributed by atoms with Gasteiger partial charge in [-0.1, -0.05) is 67.9 Å². The molecule has 138 heavy (non-hydrogen) atoms. The van der Waals surface area contributed by atoms with Crippen LogP contribution in [0.2, 0.25) is 0 Å². The summed E-state index contributed by atoms with van der Waals surface area (Å²) in [5.74, 6) is 4.01. The maximum Gasteiger partial charge on any atom is 0.514 e. The fraction of sp³-hybridized carbons (Fsp3) is 0.297. The number of hydrogen-bond acceptors (Lipinski definition) is 23. The lowest BCUT2D eigenvalue weighted by molar-refractivity contribution is -0.345. The topological polar surface area (TPSA) is 281 Å². The van der Waals surface area contributed by atoms with Gasteiger partial charge >= 0.3 is 30.4 Å². The molecule has 0 saturated heterocycles. The summed E-state index contributed by atoms with van der Waals surface area (Å²) in [6.07, 6.45) is -1.12. The van der Waals surface area contributed by atoms with Crippen LogP contribution < -0.4 is 37.9 Å². The molecule has 12 rings (SSSR count). The van der Waals surface area contributed by atoms with E-state index < -0.39 is 80.2 Å². The first-order valence-corrected chi connectivity index (χ1v) is 49.5. The van der Waals surface area contributed by atoms with Crippen molar-refractivity contribution >= 4 is 80.3 Å². The Labute approximate surface area is 822 Å². The summed E-state index contributed by atoms with van der Waals surface area (Å²) in [5, 5.41) is 18.6. The van der Waals surface area contributed by atoms with Crippen molar-refractivity contribution in [1.82, 2.24) is 0 Å². The summed E-state index contributed by atoms with van der Waals surface area (Å²) in [6.45, 7) is 31.1. The van der Waals surface area contributed by atoms with Gasteiger partial charge in [0, 0.05) is 6.42 Å². The zero-order chi connectivity index (χ0) is 100. The summed E-state index contributed by atoms with van der Waals surface area (Å²) < 4.78 is 69.4. The second-order valence-corrected chi connectivity index (χ2v) is 44.2. The molecule has 0 heterocycles. The molecule has 12 aromatic rings. The van der Waals surface area contributed by atoms with E-state index in [1.54, 1.807) is 99.3 Å². The minimum absolute atomic E-state index is 0.0547. The van der Waals surface area contributed by atoms with Crippen LogP contribution in [0.4, 0.5) is 14.4 Å². The molecule has 0 aromatic heterocycles. The number of aryl methyl sites for hydroxylation is 1. The molecule has 728 valence electrons. The Morgan fingerprint density at radius 1 is 0.312 bits per heavy atom. The molecule has 1 unspecified atom stereocenters. The lowest BCUT2D eigenvalue weighted by Crippen LogP contribution is -2.28. The molecule has 0 radical (unpaired) electrons. The van der Waals surface area contributed by atoms with E-state index in [9.17, 15) is 39.0 Å². The van der Waals surface area contributed by atoms with Crippen molar-refractivity contribution in [2.75, 3.05) is 47.8 Å². The summed E-state index contributed by atoms with van der Waals surface area (Å²) in [4.78, 5) is 94.8. The van der Waals surface area contributed by atoms with Gasteiger partial charge in [0.2, 0.25) is 0 Å². The van der Waals surface area contributed by atoms with Crippen LogP contribution in [0.3, 0.4) is 0 Å². The number of hydrogen-bond donors (Lipinski definition) is 2. The third-order valence-electron chi connectivity index (χ3n) is 18.8. The molecule has 12 aromatic carbocycles. The van der Waals surface area contributed by atoms with E-state index in [0.29, 0.717) is 41.5 Å². The molecule has 2 N–H and O–H groups in total. The first-order valence-electron chi connectivity index (χ1n) is 44.6. The number of aldehydes is 1. The van der Waals surface area contributed by atoms with Gasteiger partial charge < -0.3 is 76.6 Å². The maximum absolute atomic E-state index is 12.1. The zero-order valence-corrected chi connectivity index (χ0v) is 85.2. The number of benzene rings is 12. The van der Waals surface area contributed by atoms with Gasteiger partial charge in [0.1, 0.15) is 86.9 Å². The van der Waals surface area contributed by atoms with Crippen molar-refractivity contribution in [2.24, 2.45) is 5.92 Å². The summed E-state index contributed by atoms with van der Waals surface area (Å²) in [6, 6.07) is 94.6. The van der Waals surface area contributed by atoms with Crippen LogP contribution in [-0.4, -0.2) is 123 Å². The van der Waals surface area contributed by atoms with Crippen LogP contribution in [0.5, 0.6) is 46.0 Å². The number of aliphatic hydroxyl groups is 2. The monoisotopic (exact) mass is 1950 g/mol. The molecule has 27 heteroatoms. The molecular weight excluding hydrogens is 1830 g/mol. The number of rotatable bonds is 34. The van der Waals surface area contributed by atoms with Gasteiger partial charge in [-0.2, -0.15) is 0 Å². The minimum Gasteiger partial charge on any atom is -0.497 e. The van der Waals surface area contributed by atoms with Crippen LogP contribution in [-0.2, 0) is 111 Å². The van der Waals surface area contributed by atoms with E-state index in [4.69, 9.17) is 71.4 Å². The van der Waals surface area contributed by atoms with Crippen molar-refractivity contribution in [2.45, 2.75) is 224 Å². The second kappa shape index (κ2) is 52.2. The van der Waals surface area contributed by atoms with E-state index in [0.717, 1.165) is 63.3 Å². The number of esters is 2. The average molecular weight is 1960 g/mol. The van der Waals surface area contributed by atoms with E-state index in [2.05, 4.69) is 116 Å². The fourth-order valence-corrected chi connectivity index (χ4v) is 21.0. The van der Waals surface area contributed by atoms with Crippen molar-refractivity contribution in [1.29, 1.82) is 0 Å². The number of ether oxygens (including phenoxy) is 13. The summed E-state index contributed by atoms with van der Waals surface area (Å²) in [5.41, 5.74) is 0.994. The normalized spacial score (nSPS) is 11.6. The molecule has 0 saturated carbocycles. The molecule has 0 spiro atoms. The van der Waals surface area contributed by atoms with E-state index >= 15 is 0 Å². The van der Waals surface area contributed by atoms with Gasteiger partial charge in [-0.15, -0.1) is 0 Å². The van der Waals surface area contributed by atoms with Crippen molar-refractivity contribution in [3.63, 3.8) is 0 Å². The van der Waals surface area contributed by atoms with Gasteiger partial charge in [0.05, 0.1) is 84.7 Å². The zero-order valence-electron chi connectivity index (χ0n) is 81.9. The Bertz CT molecular complexity index is 5470. The fourth-order valence-electron chi connectivity index (χ4n) is 12.8. The largest absolute Gasteiger partial charge is 0.514 e. The van der Waals surface area contributed by atoms with Crippen LogP contribution in [0.1, 0.15) is 133 Å². The van der Waals surface area contributed by atoms with Crippen LogP contribution >= 0.6 is 0 Å². The first kappa shape index (κ1) is 109. The molecule has 0 amide bonds. The molecule has 0 aliphatic heterocycles. The Hall–Kier alpha value is -12.7. The Morgan fingerprint density at radius 2 is 0.543 bits per heavy atom. The van der Waals surface area contributed by atoms with Gasteiger partial charge in [0.15, 0.2) is 72.0 Å². The first-order chi connectivity index (χ1) is 65.6. The van der Waals surface area contributed by atoms with Gasteiger partial charge in [-0.25, -0.2) is 33.7 Å². The Kier molecular flexibility index (Phi) is 41.2. The minimum atomic E-state index is -0.790. The maximum atomic E-state index is 12.1. The highest BCUT2D eigenvalue weighted by molar-refractivity contribution is 7.98. The second-order valence-electron chi connectivity index (χ2n) is 36.1. The summed E-state index contributed by atoms with van der Waals surface area (Å²) >= 11 is 0. The predicted molar refractivity (Wildman–Crippen MR) is 536 cm³/mol. The Morgan fingerprint density at radius 3 is 0.783 bits per heavy atom. The average Bonchev–Trinajstić information content (AvgIpc) is 0.612. The van der Waals surface area contributed by atoms with E-state index in [-0.39, 0.29) is 67.3 Å². The van der Waals surface area contributed by atoms with E-state index in [1.807, 2.05) is 215 Å². The third-order valence-corrected chi connectivity index (χ3v) is 27.7. The standard InChI is InChI=1S/C36H45O9S.C33H39O9S.C21H21O3S.C21H21O2S/c1-34(2,3)43-32(38)24-40-27-11-17-30(18-12-27)46(29-15-9-26(10-16-29)23-36(7,8)45-42-22-21-37)31-19-13-28(14-20-31)41-25-33(39)44-35(4,5)6;1-22(2)21-37-29(34)38-23-9-15-26(16-10-23)43(27-17-11-24(12-18-27)39-30(35)41-32(3,4)5)28-19-13-25(14-20-28)40-31(36)42-33(6,7)8;1-23-17-5-11-20(12-6-17)25(19-9-3-16(15-22)4-10-19)21-13-7-18(24-2)8-14-21;1-16-3-9-19(10-4-16)24(20-11-5-17(15-22)6-12-20)21-13-7-18(23-2)8-14-21/h9-21H,22-25H2,1-8H3;9-20,22H,21H2,1-8H3;3-14,22H,15H2,1-2H3;3-14,22H,15H2,1-2H3/q4*+1. The third kappa shape index (κ3) is 37.0. The van der Waals surface area contributed by atoms with Crippen LogP contribution in [0, 0.1) is 12.8 Å². The lowest BCUT2D eigenvalue weighted by atomic mass is 9.99. The molecule has 1 atom stereocenters. The van der Waals surface area contributed by atoms with Gasteiger partial charge in [-0.05, 0) is 369 Å². The SMILES string of the molecule is CC(C)(C)OC(=O)COc1ccc([S+](c2ccc(CC(C)(C)OOCC=O)cc2)c2ccc(OCC(=O)OC(C)(C)C)cc2)cc1.CC(C)COC(=O)Oc1ccc([S+](c2ccc(OC(=O)OC(C)(C)C)cc2)c2ccc(OC(=O)OC(C)(C)C)cc2)cc1.COc1ccc([S+](c2ccc(C)cc2)c2ccc(CO)cc2)cc1.COc1ccc([S+](c2ccc(CO)cc2)c2ccc(OC)cc2)cc1. The smallest absolute Gasteiger partial charge is 0.497 e. The molecule has 0 bridgehead atoms. The highest BCUT2D eigenvalue weighted by Crippen LogP contribution is 2.40. The predicted octanol–water partition coefficient (Wildman–Crippen LogP) is 24.2. The number of carbonyl (C=O) groups is 6. The molecule has 0 fully saturated rings. The van der Waals surface area contributed by atoms with Crippen molar-refractivity contribution < 1.29 is 110 Å². The Balaban J connectivity index is 0.000000214. The number of carbonyl (C=O) groups excluding carboxylic acids is 6. The molecular formula is C111H126O23S4+4.